The second-order valence-corrected chi connectivity index (χ2v) is 3.47. The number of aliphatic carboxylic acids is 1. The topological polar surface area (TPSA) is 50.4 Å². The molecule has 0 radical (unpaired) electrons. The summed E-state index contributed by atoms with van der Waals surface area (Å²) < 4.78 is 5.08. The van der Waals surface area contributed by atoms with Crippen LogP contribution in [0.2, 0.25) is 0 Å². The van der Waals surface area contributed by atoms with Crippen LogP contribution in [0.25, 0.3) is 0 Å². The average molecular weight is 198 g/mol. The summed E-state index contributed by atoms with van der Waals surface area (Å²) in [5, 5.41) is 8.50. The lowest BCUT2D eigenvalue weighted by atomic mass is 10.4. The minimum atomic E-state index is -0.938. The highest BCUT2D eigenvalue weighted by Gasteiger charge is 2.04. The lowest BCUT2D eigenvalue weighted by molar-refractivity contribution is -0.132. The molecule has 0 aliphatic rings. The Morgan fingerprint density at radius 1 is 1.69 bits per heavy atom. The molecule has 0 fully saturated rings. The van der Waals surface area contributed by atoms with E-state index in [9.17, 15) is 4.79 Å². The van der Waals surface area contributed by atoms with Crippen LogP contribution < -0.4 is 0 Å². The van der Waals surface area contributed by atoms with E-state index in [0.29, 0.717) is 11.5 Å². The summed E-state index contributed by atoms with van der Waals surface area (Å²) in [5.41, 5.74) is 0.219. The zero-order valence-electron chi connectivity index (χ0n) is 7.03. The summed E-state index contributed by atoms with van der Waals surface area (Å²) in [6.07, 6.45) is 1.60. The average Bonchev–Trinajstić information content (AvgIpc) is 2.56. The summed E-state index contributed by atoms with van der Waals surface area (Å²) in [6, 6.07) is 3.67. The molecule has 0 atom stereocenters. The van der Waals surface area contributed by atoms with E-state index in [1.54, 1.807) is 6.26 Å². The summed E-state index contributed by atoms with van der Waals surface area (Å²) >= 11 is 1.47. The molecule has 0 aliphatic heterocycles. The molecule has 0 amide bonds. The minimum Gasteiger partial charge on any atom is -0.478 e. The molecule has 0 saturated carbocycles. The van der Waals surface area contributed by atoms with E-state index >= 15 is 0 Å². The van der Waals surface area contributed by atoms with Crippen molar-refractivity contribution in [1.29, 1.82) is 0 Å². The molecular formula is C9H10O3S. The summed E-state index contributed by atoms with van der Waals surface area (Å²) in [6.45, 7) is 3.42. The van der Waals surface area contributed by atoms with Crippen molar-refractivity contribution in [3.05, 3.63) is 36.3 Å². The van der Waals surface area contributed by atoms with Gasteiger partial charge in [0.15, 0.2) is 0 Å². The van der Waals surface area contributed by atoms with Gasteiger partial charge in [-0.3, -0.25) is 0 Å². The Bertz CT molecular complexity index is 290. The molecule has 1 N–H and O–H groups in total. The predicted octanol–water partition coefficient (Wildman–Crippen LogP) is 2.15. The first-order valence-corrected chi connectivity index (χ1v) is 4.87. The van der Waals surface area contributed by atoms with E-state index < -0.39 is 5.97 Å². The van der Waals surface area contributed by atoms with Crippen LogP contribution in [0.1, 0.15) is 5.76 Å². The quantitative estimate of drug-likeness (QED) is 0.736. The van der Waals surface area contributed by atoms with Crippen LogP contribution in [-0.2, 0) is 10.5 Å². The largest absolute Gasteiger partial charge is 0.478 e. The van der Waals surface area contributed by atoms with Crippen LogP contribution in [-0.4, -0.2) is 16.8 Å². The fourth-order valence-electron chi connectivity index (χ4n) is 0.731. The van der Waals surface area contributed by atoms with Gasteiger partial charge in [-0.1, -0.05) is 6.58 Å². The number of hydrogen-bond acceptors (Lipinski definition) is 3. The van der Waals surface area contributed by atoms with Crippen LogP contribution in [0.5, 0.6) is 0 Å². The van der Waals surface area contributed by atoms with Gasteiger partial charge in [0.1, 0.15) is 5.76 Å². The van der Waals surface area contributed by atoms with Crippen molar-refractivity contribution >= 4 is 17.7 Å². The van der Waals surface area contributed by atoms with Crippen molar-refractivity contribution < 1.29 is 14.3 Å². The fraction of sp³-hybridized carbons (Fsp3) is 0.222. The Labute approximate surface area is 80.4 Å². The highest BCUT2D eigenvalue weighted by atomic mass is 32.2. The van der Waals surface area contributed by atoms with Crippen molar-refractivity contribution in [1.82, 2.24) is 0 Å². The van der Waals surface area contributed by atoms with Crippen molar-refractivity contribution in [3.8, 4) is 0 Å². The third-order valence-electron chi connectivity index (χ3n) is 1.40. The zero-order chi connectivity index (χ0) is 9.68. The van der Waals surface area contributed by atoms with Crippen molar-refractivity contribution in [2.24, 2.45) is 0 Å². The van der Waals surface area contributed by atoms with Crippen LogP contribution >= 0.6 is 11.8 Å². The minimum absolute atomic E-state index is 0.219. The lowest BCUT2D eigenvalue weighted by Gasteiger charge is -1.98. The molecule has 1 aromatic heterocycles. The van der Waals surface area contributed by atoms with Gasteiger partial charge in [0, 0.05) is 11.3 Å². The smallest absolute Gasteiger partial charge is 0.331 e. The number of rotatable bonds is 5. The number of furan rings is 1. The molecule has 1 heterocycles. The Balaban J connectivity index is 2.22. The first-order valence-electron chi connectivity index (χ1n) is 3.71. The molecule has 0 saturated heterocycles. The molecule has 70 valence electrons. The third-order valence-corrected chi connectivity index (χ3v) is 2.44. The Kier molecular flexibility index (Phi) is 3.64. The maximum Gasteiger partial charge on any atom is 0.331 e. The highest BCUT2D eigenvalue weighted by molar-refractivity contribution is 7.98. The normalized spacial score (nSPS) is 9.85. The molecule has 0 bridgehead atoms. The van der Waals surface area contributed by atoms with Crippen molar-refractivity contribution in [2.75, 3.05) is 5.75 Å². The summed E-state index contributed by atoms with van der Waals surface area (Å²) in [5.74, 6) is 1.02. The first kappa shape index (κ1) is 9.92. The van der Waals surface area contributed by atoms with E-state index in [1.807, 2.05) is 12.1 Å². The molecular weight excluding hydrogens is 188 g/mol. The molecule has 13 heavy (non-hydrogen) atoms. The molecule has 3 nitrogen and oxygen atoms in total. The van der Waals surface area contributed by atoms with Gasteiger partial charge in [-0.05, 0) is 12.1 Å². The highest BCUT2D eigenvalue weighted by Crippen LogP contribution is 2.14. The molecule has 4 heteroatoms. The number of thioether (sulfide) groups is 1. The predicted molar refractivity (Wildman–Crippen MR) is 51.6 cm³/mol. The molecule has 0 aromatic carbocycles. The standard InChI is InChI=1S/C9H10O3S/c1-7(9(10)11)5-13-6-8-3-2-4-12-8/h2-4H,1,5-6H2,(H,10,11). The van der Waals surface area contributed by atoms with Gasteiger partial charge < -0.3 is 9.52 Å². The van der Waals surface area contributed by atoms with Crippen molar-refractivity contribution in [2.45, 2.75) is 5.75 Å². The first-order chi connectivity index (χ1) is 6.20. The Hall–Kier alpha value is -1.16. The number of hydrogen-bond donors (Lipinski definition) is 1. The van der Waals surface area contributed by atoms with Gasteiger partial charge in [0.05, 0.1) is 12.0 Å². The number of carboxylic acid groups (broad SMARTS) is 1. The molecule has 0 spiro atoms. The second-order valence-electron chi connectivity index (χ2n) is 2.48. The van der Waals surface area contributed by atoms with Crippen LogP contribution in [0.3, 0.4) is 0 Å². The van der Waals surface area contributed by atoms with Crippen LogP contribution in [0, 0.1) is 0 Å². The number of carboxylic acids is 1. The fourth-order valence-corrected chi connectivity index (χ4v) is 1.57. The summed E-state index contributed by atoms with van der Waals surface area (Å²) in [4.78, 5) is 10.4. The SMILES string of the molecule is C=C(CSCc1ccco1)C(=O)O. The maximum absolute atomic E-state index is 10.4. The molecule has 1 aromatic rings. The van der Waals surface area contributed by atoms with Gasteiger partial charge >= 0.3 is 5.97 Å². The molecule has 1 rings (SSSR count). The monoisotopic (exact) mass is 198 g/mol. The van der Waals surface area contributed by atoms with Gasteiger partial charge in [0.2, 0.25) is 0 Å². The van der Waals surface area contributed by atoms with Gasteiger partial charge in [-0.25, -0.2) is 4.79 Å². The van der Waals surface area contributed by atoms with E-state index in [2.05, 4.69) is 6.58 Å². The second kappa shape index (κ2) is 4.77. The van der Waals surface area contributed by atoms with E-state index in [0.717, 1.165) is 5.76 Å². The van der Waals surface area contributed by atoms with Gasteiger partial charge in [-0.2, -0.15) is 0 Å². The molecule has 0 aliphatic carbocycles. The Morgan fingerprint density at radius 2 is 2.46 bits per heavy atom. The Morgan fingerprint density at radius 3 is 3.00 bits per heavy atom. The van der Waals surface area contributed by atoms with Gasteiger partial charge in [-0.15, -0.1) is 11.8 Å². The summed E-state index contributed by atoms with van der Waals surface area (Å²) in [7, 11) is 0. The van der Waals surface area contributed by atoms with Crippen LogP contribution in [0.15, 0.2) is 35.0 Å². The van der Waals surface area contributed by atoms with Crippen LogP contribution in [0.4, 0.5) is 0 Å². The van der Waals surface area contributed by atoms with E-state index in [4.69, 9.17) is 9.52 Å². The third kappa shape index (κ3) is 3.38. The lowest BCUT2D eigenvalue weighted by Crippen LogP contribution is -2.01. The maximum atomic E-state index is 10.4. The molecule has 0 unspecified atom stereocenters. The zero-order valence-corrected chi connectivity index (χ0v) is 7.84. The van der Waals surface area contributed by atoms with E-state index in [-0.39, 0.29) is 5.57 Å². The van der Waals surface area contributed by atoms with Gasteiger partial charge in [0.25, 0.3) is 0 Å². The van der Waals surface area contributed by atoms with E-state index in [1.165, 1.54) is 11.8 Å². The number of carbonyl (C=O) groups is 1. The van der Waals surface area contributed by atoms with Crippen molar-refractivity contribution in [3.63, 3.8) is 0 Å².